The molecule has 7 heteroatoms. The molecule has 6 nitrogen and oxygen atoms in total. The quantitative estimate of drug-likeness (QED) is 0.752. The molecule has 0 aliphatic carbocycles. The molecule has 124 valence electrons. The summed E-state index contributed by atoms with van der Waals surface area (Å²) >= 11 is 1.35. The zero-order valence-electron chi connectivity index (χ0n) is 13.8. The first kappa shape index (κ1) is 17.5. The van der Waals surface area contributed by atoms with E-state index in [0.29, 0.717) is 11.7 Å². The third kappa shape index (κ3) is 4.79. The van der Waals surface area contributed by atoms with Crippen LogP contribution in [0.5, 0.6) is 0 Å². The molecule has 0 bridgehead atoms. The molecule has 2 aromatic rings. The van der Waals surface area contributed by atoms with E-state index in [0.717, 1.165) is 12.1 Å². The van der Waals surface area contributed by atoms with Crippen LogP contribution in [0, 0.1) is 0 Å². The van der Waals surface area contributed by atoms with Crippen molar-refractivity contribution >= 4 is 17.7 Å². The molecule has 0 saturated carbocycles. The highest BCUT2D eigenvalue weighted by Crippen LogP contribution is 2.23. The first-order valence-electron chi connectivity index (χ1n) is 7.97. The highest BCUT2D eigenvalue weighted by molar-refractivity contribution is 8.00. The summed E-state index contributed by atoms with van der Waals surface area (Å²) in [6.07, 6.45) is 3.46. The van der Waals surface area contributed by atoms with E-state index in [2.05, 4.69) is 39.9 Å². The van der Waals surface area contributed by atoms with Crippen molar-refractivity contribution < 1.29 is 4.79 Å². The Bertz CT molecular complexity index is 626. The van der Waals surface area contributed by atoms with E-state index in [-0.39, 0.29) is 11.2 Å². The van der Waals surface area contributed by atoms with Crippen LogP contribution in [0.25, 0.3) is 5.69 Å². The van der Waals surface area contributed by atoms with Gasteiger partial charge in [0, 0.05) is 6.54 Å². The van der Waals surface area contributed by atoms with E-state index >= 15 is 0 Å². The van der Waals surface area contributed by atoms with Gasteiger partial charge in [0.05, 0.1) is 10.9 Å². The van der Waals surface area contributed by atoms with Gasteiger partial charge in [0.15, 0.2) is 0 Å². The average molecular weight is 333 g/mol. The van der Waals surface area contributed by atoms with Gasteiger partial charge < -0.3 is 5.32 Å². The number of benzene rings is 1. The minimum absolute atomic E-state index is 0.0121. The topological polar surface area (TPSA) is 72.7 Å². The first-order valence-corrected chi connectivity index (χ1v) is 8.85. The minimum Gasteiger partial charge on any atom is -0.355 e. The maximum atomic E-state index is 11.9. The maximum Gasteiger partial charge on any atom is 0.233 e. The molecule has 1 heterocycles. The summed E-state index contributed by atoms with van der Waals surface area (Å²) in [6.45, 7) is 6.56. The van der Waals surface area contributed by atoms with E-state index in [9.17, 15) is 4.79 Å². The molecule has 0 saturated heterocycles. The third-order valence-electron chi connectivity index (χ3n) is 3.44. The first-order chi connectivity index (χ1) is 11.2. The Hall–Kier alpha value is -1.89. The smallest absolute Gasteiger partial charge is 0.233 e. The fraction of sp³-hybridized carbons (Fsp3) is 0.500. The van der Waals surface area contributed by atoms with Crippen LogP contribution in [0.2, 0.25) is 0 Å². The van der Waals surface area contributed by atoms with E-state index in [1.807, 2.05) is 26.0 Å². The van der Waals surface area contributed by atoms with Crippen molar-refractivity contribution in [3.63, 3.8) is 0 Å². The van der Waals surface area contributed by atoms with Crippen molar-refractivity contribution in [2.75, 3.05) is 6.54 Å². The summed E-state index contributed by atoms with van der Waals surface area (Å²) in [6, 6.07) is 8.24. The largest absolute Gasteiger partial charge is 0.355 e. The molecule has 1 aromatic carbocycles. The van der Waals surface area contributed by atoms with E-state index in [1.165, 1.54) is 30.2 Å². The van der Waals surface area contributed by atoms with Crippen LogP contribution in [-0.4, -0.2) is 37.9 Å². The fourth-order valence-corrected chi connectivity index (χ4v) is 2.96. The van der Waals surface area contributed by atoms with Crippen LogP contribution in [-0.2, 0) is 11.2 Å². The van der Waals surface area contributed by atoms with Crippen molar-refractivity contribution in [1.29, 1.82) is 0 Å². The van der Waals surface area contributed by atoms with Crippen molar-refractivity contribution in [3.05, 3.63) is 29.8 Å². The Balaban J connectivity index is 2.09. The van der Waals surface area contributed by atoms with Crippen LogP contribution in [0.1, 0.15) is 39.2 Å². The molecule has 1 N–H and O–H groups in total. The van der Waals surface area contributed by atoms with Crippen LogP contribution < -0.4 is 5.32 Å². The summed E-state index contributed by atoms with van der Waals surface area (Å²) < 4.78 is 1.67. The normalized spacial score (nSPS) is 12.1. The maximum absolute atomic E-state index is 11.9. The standard InChI is InChI=1S/C16H23N5OS/c1-4-6-7-13-8-10-14(11-9-13)21-16(18-19-20-21)23-12(3)15(22)17-5-2/h8-12H,4-7H2,1-3H3,(H,17,22)/t12-/m0/s1. The monoisotopic (exact) mass is 333 g/mol. The van der Waals surface area contributed by atoms with E-state index in [4.69, 9.17) is 0 Å². The zero-order valence-corrected chi connectivity index (χ0v) is 14.6. The predicted molar refractivity (Wildman–Crippen MR) is 91.8 cm³/mol. The molecule has 1 aromatic heterocycles. The Morgan fingerprint density at radius 3 is 2.70 bits per heavy atom. The minimum atomic E-state index is -0.247. The Labute approximate surface area is 141 Å². The zero-order chi connectivity index (χ0) is 16.7. The molecule has 1 amide bonds. The number of amides is 1. The van der Waals surface area contributed by atoms with Crippen molar-refractivity contribution in [2.45, 2.75) is 50.4 Å². The van der Waals surface area contributed by atoms with Gasteiger partial charge in [-0.1, -0.05) is 37.2 Å². The summed E-state index contributed by atoms with van der Waals surface area (Å²) in [4.78, 5) is 11.9. The molecule has 1 atom stereocenters. The Morgan fingerprint density at radius 2 is 2.04 bits per heavy atom. The van der Waals surface area contributed by atoms with Gasteiger partial charge in [0.25, 0.3) is 0 Å². The number of carbonyl (C=O) groups excluding carboxylic acids is 1. The van der Waals surface area contributed by atoms with Gasteiger partial charge >= 0.3 is 0 Å². The summed E-state index contributed by atoms with van der Waals surface area (Å²) in [5.74, 6) is -0.0121. The number of tetrazole rings is 1. The second-order valence-electron chi connectivity index (χ2n) is 5.30. The number of hydrogen-bond donors (Lipinski definition) is 1. The molecule has 0 aliphatic heterocycles. The fourth-order valence-electron chi connectivity index (χ4n) is 2.13. The number of nitrogens with one attached hydrogen (secondary N) is 1. The van der Waals surface area contributed by atoms with Crippen molar-refractivity contribution in [3.8, 4) is 5.69 Å². The number of aryl methyl sites for hydroxylation is 1. The van der Waals surface area contributed by atoms with Gasteiger partial charge in [0.1, 0.15) is 0 Å². The number of rotatable bonds is 8. The Kier molecular flexibility index (Phi) is 6.58. The number of unbranched alkanes of at least 4 members (excludes halogenated alkanes) is 1. The molecule has 0 radical (unpaired) electrons. The summed E-state index contributed by atoms with van der Waals surface area (Å²) in [5, 5.41) is 15.0. The van der Waals surface area contributed by atoms with Gasteiger partial charge in [-0.3, -0.25) is 4.79 Å². The molecule has 0 spiro atoms. The van der Waals surface area contributed by atoms with Crippen LogP contribution in [0.3, 0.4) is 0 Å². The van der Waals surface area contributed by atoms with Gasteiger partial charge in [-0.2, -0.15) is 4.68 Å². The lowest BCUT2D eigenvalue weighted by atomic mass is 10.1. The van der Waals surface area contributed by atoms with Crippen LogP contribution in [0.15, 0.2) is 29.4 Å². The molecule has 0 aliphatic rings. The second-order valence-corrected chi connectivity index (χ2v) is 6.61. The number of hydrogen-bond acceptors (Lipinski definition) is 5. The van der Waals surface area contributed by atoms with Gasteiger partial charge in [-0.25, -0.2) is 0 Å². The van der Waals surface area contributed by atoms with Gasteiger partial charge in [-0.15, -0.1) is 5.10 Å². The van der Waals surface area contributed by atoms with Gasteiger partial charge in [-0.05, 0) is 54.8 Å². The van der Waals surface area contributed by atoms with Crippen LogP contribution in [0.4, 0.5) is 0 Å². The lowest BCUT2D eigenvalue weighted by Crippen LogP contribution is -2.30. The molecule has 23 heavy (non-hydrogen) atoms. The van der Waals surface area contributed by atoms with E-state index in [1.54, 1.807) is 4.68 Å². The van der Waals surface area contributed by atoms with E-state index < -0.39 is 0 Å². The van der Waals surface area contributed by atoms with Crippen LogP contribution >= 0.6 is 11.8 Å². The SMILES string of the molecule is CCCCc1ccc(-n2nnnc2S[C@@H](C)C(=O)NCC)cc1. The summed E-state index contributed by atoms with van der Waals surface area (Å²) in [5.41, 5.74) is 2.22. The lowest BCUT2D eigenvalue weighted by Gasteiger charge is -2.10. The molecule has 0 unspecified atom stereocenters. The second kappa shape index (κ2) is 8.67. The average Bonchev–Trinajstić information content (AvgIpc) is 3.01. The number of carbonyl (C=O) groups is 1. The molecule has 2 rings (SSSR count). The Morgan fingerprint density at radius 1 is 1.30 bits per heavy atom. The van der Waals surface area contributed by atoms with Crippen molar-refractivity contribution in [2.24, 2.45) is 0 Å². The van der Waals surface area contributed by atoms with Gasteiger partial charge in [0.2, 0.25) is 11.1 Å². The molecule has 0 fully saturated rings. The summed E-state index contributed by atoms with van der Waals surface area (Å²) in [7, 11) is 0. The third-order valence-corrected chi connectivity index (χ3v) is 4.48. The highest BCUT2D eigenvalue weighted by Gasteiger charge is 2.18. The number of aromatic nitrogens is 4. The number of nitrogens with zero attached hydrogens (tertiary/aromatic N) is 4. The molecular formula is C16H23N5OS. The molecular weight excluding hydrogens is 310 g/mol. The number of thioether (sulfide) groups is 1. The predicted octanol–water partition coefficient (Wildman–Crippen LogP) is 2.62. The van der Waals surface area contributed by atoms with Crippen molar-refractivity contribution in [1.82, 2.24) is 25.5 Å². The highest BCUT2D eigenvalue weighted by atomic mass is 32.2. The lowest BCUT2D eigenvalue weighted by molar-refractivity contribution is -0.120.